The maximum atomic E-state index is 5.31. The topological polar surface area (TPSA) is 48.5 Å². The van der Waals surface area contributed by atoms with E-state index in [2.05, 4.69) is 173 Å². The van der Waals surface area contributed by atoms with Crippen LogP contribution in [-0.4, -0.2) is 24.1 Å². The minimum absolute atomic E-state index is 0.568. The van der Waals surface area contributed by atoms with E-state index in [1.54, 1.807) is 0 Å². The van der Waals surface area contributed by atoms with Gasteiger partial charge in [0.2, 0.25) is 5.95 Å². The molecule has 0 aliphatic rings. The highest BCUT2D eigenvalue weighted by Gasteiger charge is 2.26. The first-order valence-corrected chi connectivity index (χ1v) is 18.9. The Kier molecular flexibility index (Phi) is 7.42. The van der Waals surface area contributed by atoms with Crippen molar-refractivity contribution in [3.8, 4) is 56.7 Å². The summed E-state index contributed by atoms with van der Waals surface area (Å²) in [5, 5.41) is 4.58. The number of hydrogen-bond donors (Lipinski definition) is 0. The number of hydrogen-bond acceptors (Lipinski definition) is 3. The van der Waals surface area contributed by atoms with Gasteiger partial charge in [0.15, 0.2) is 11.6 Å². The maximum absolute atomic E-state index is 5.31. The van der Waals surface area contributed by atoms with Gasteiger partial charge in [-0.15, -0.1) is 0 Å². The van der Waals surface area contributed by atoms with Gasteiger partial charge in [-0.3, -0.25) is 4.57 Å². The minimum atomic E-state index is 0.568. The monoisotopic (exact) mass is 715 g/mol. The van der Waals surface area contributed by atoms with Gasteiger partial charge >= 0.3 is 0 Å². The number of rotatable bonds is 6. The highest BCUT2D eigenvalue weighted by atomic mass is 15.2. The van der Waals surface area contributed by atoms with E-state index in [1.807, 2.05) is 36.4 Å². The van der Waals surface area contributed by atoms with Gasteiger partial charge in [0, 0.05) is 38.4 Å². The number of nitrogens with zero attached hydrogens (tertiary/aromatic N) is 5. The van der Waals surface area contributed by atoms with Crippen LogP contribution in [0.5, 0.6) is 0 Å². The first kappa shape index (κ1) is 31.9. The van der Waals surface area contributed by atoms with Crippen LogP contribution in [0, 0.1) is 0 Å². The second-order valence-corrected chi connectivity index (χ2v) is 14.0. The van der Waals surface area contributed by atoms with Crippen molar-refractivity contribution in [2.45, 2.75) is 0 Å². The molecule has 0 bridgehead atoms. The Morgan fingerprint density at radius 1 is 0.321 bits per heavy atom. The highest BCUT2D eigenvalue weighted by molar-refractivity contribution is 6.29. The SMILES string of the molecule is c1ccc(-c2ccc(-c3cc4c(c5ccccc5n4-c4ccccc4)c4c3c3ccccc3n4-c3nc(-c4ccccc4)nc(-c4ccccc4)n3)cc2)cc1. The van der Waals surface area contributed by atoms with E-state index in [0.29, 0.717) is 17.6 Å². The molecule has 5 heteroatoms. The zero-order valence-corrected chi connectivity index (χ0v) is 30.3. The summed E-state index contributed by atoms with van der Waals surface area (Å²) in [6.45, 7) is 0. The number of aromatic nitrogens is 5. The third-order valence-electron chi connectivity index (χ3n) is 10.8. The van der Waals surface area contributed by atoms with Gasteiger partial charge in [-0.2, -0.15) is 9.97 Å². The summed E-state index contributed by atoms with van der Waals surface area (Å²) in [7, 11) is 0. The van der Waals surface area contributed by atoms with Crippen LogP contribution in [0.25, 0.3) is 100 Å². The van der Waals surface area contributed by atoms with E-state index in [9.17, 15) is 0 Å². The van der Waals surface area contributed by atoms with Crippen molar-refractivity contribution in [2.24, 2.45) is 0 Å². The zero-order chi connectivity index (χ0) is 37.0. The van der Waals surface area contributed by atoms with Gasteiger partial charge in [-0.1, -0.05) is 170 Å². The number of fused-ring (bicyclic) bond motifs is 7. The van der Waals surface area contributed by atoms with E-state index in [-0.39, 0.29) is 0 Å². The zero-order valence-electron chi connectivity index (χ0n) is 30.3. The Morgan fingerprint density at radius 3 is 1.36 bits per heavy atom. The van der Waals surface area contributed by atoms with Crippen LogP contribution in [0.2, 0.25) is 0 Å². The summed E-state index contributed by atoms with van der Waals surface area (Å²) in [5.74, 6) is 1.81. The first-order valence-electron chi connectivity index (χ1n) is 18.9. The van der Waals surface area contributed by atoms with Crippen LogP contribution in [0.15, 0.2) is 200 Å². The number of benzene rings is 8. The molecule has 0 unspecified atom stereocenters. The van der Waals surface area contributed by atoms with Crippen molar-refractivity contribution < 1.29 is 0 Å². The lowest BCUT2D eigenvalue weighted by Crippen LogP contribution is -2.06. The smallest absolute Gasteiger partial charge is 0.238 e. The average Bonchev–Trinajstić information content (AvgIpc) is 3.80. The van der Waals surface area contributed by atoms with Crippen LogP contribution in [0.4, 0.5) is 0 Å². The van der Waals surface area contributed by atoms with Crippen molar-refractivity contribution >= 4 is 43.6 Å². The molecule has 0 atom stereocenters. The first-order chi connectivity index (χ1) is 27.8. The molecule has 3 heterocycles. The Balaban J connectivity index is 1.31. The van der Waals surface area contributed by atoms with Crippen LogP contribution in [-0.2, 0) is 0 Å². The molecule has 11 aromatic rings. The highest BCUT2D eigenvalue weighted by Crippen LogP contribution is 2.46. The molecule has 0 radical (unpaired) electrons. The molecule has 0 N–H and O–H groups in total. The largest absolute Gasteiger partial charge is 0.309 e. The summed E-state index contributed by atoms with van der Waals surface area (Å²) < 4.78 is 4.67. The third-order valence-corrected chi connectivity index (χ3v) is 10.8. The Bertz CT molecular complexity index is 3150. The van der Waals surface area contributed by atoms with E-state index in [1.165, 1.54) is 11.1 Å². The Morgan fingerprint density at radius 2 is 0.768 bits per heavy atom. The molecule has 5 nitrogen and oxygen atoms in total. The summed E-state index contributed by atoms with van der Waals surface area (Å²) in [5.41, 5.74) is 11.9. The molecule has 0 aliphatic heterocycles. The van der Waals surface area contributed by atoms with Crippen molar-refractivity contribution in [1.82, 2.24) is 24.1 Å². The maximum Gasteiger partial charge on any atom is 0.238 e. The molecule has 0 saturated heterocycles. The van der Waals surface area contributed by atoms with Gasteiger partial charge in [0.1, 0.15) is 0 Å². The fourth-order valence-electron chi connectivity index (χ4n) is 8.26. The fraction of sp³-hybridized carbons (Fsp3) is 0. The van der Waals surface area contributed by atoms with Gasteiger partial charge < -0.3 is 4.57 Å². The quantitative estimate of drug-likeness (QED) is 0.172. The summed E-state index contributed by atoms with van der Waals surface area (Å²) in [6, 6.07) is 70.3. The van der Waals surface area contributed by atoms with Gasteiger partial charge in [-0.05, 0) is 52.6 Å². The van der Waals surface area contributed by atoms with E-state index >= 15 is 0 Å². The lowest BCUT2D eigenvalue weighted by molar-refractivity contribution is 0.955. The molecule has 0 saturated carbocycles. The molecule has 0 fully saturated rings. The molecule has 56 heavy (non-hydrogen) atoms. The van der Waals surface area contributed by atoms with Crippen molar-refractivity contribution in [1.29, 1.82) is 0 Å². The van der Waals surface area contributed by atoms with Crippen LogP contribution in [0.3, 0.4) is 0 Å². The van der Waals surface area contributed by atoms with Gasteiger partial charge in [0.05, 0.1) is 22.1 Å². The van der Waals surface area contributed by atoms with Crippen LogP contribution < -0.4 is 0 Å². The van der Waals surface area contributed by atoms with Gasteiger partial charge in [0.25, 0.3) is 0 Å². The molecule has 262 valence electrons. The molecule has 3 aromatic heterocycles. The van der Waals surface area contributed by atoms with Crippen LogP contribution >= 0.6 is 0 Å². The molecule has 0 aliphatic carbocycles. The molecule has 0 spiro atoms. The van der Waals surface area contributed by atoms with E-state index < -0.39 is 0 Å². The Hall–Kier alpha value is -7.63. The number of para-hydroxylation sites is 3. The molecule has 11 rings (SSSR count). The standard InChI is InChI=1S/C51H33N5/c1-5-17-34(18-6-1)35-29-31-36(32-30-35)42-33-45-47(41-26-14-15-27-43(41)55(45)39-23-11-4-12-24-39)48-46(42)40-25-13-16-28-44(40)56(48)51-53-49(37-19-7-2-8-20-37)52-50(54-51)38-21-9-3-10-22-38/h1-33H. The molecular formula is C51H33N5. The second kappa shape index (κ2) is 13.0. The summed E-state index contributed by atoms with van der Waals surface area (Å²) >= 11 is 0. The van der Waals surface area contributed by atoms with Crippen molar-refractivity contribution in [2.75, 3.05) is 0 Å². The summed E-state index contributed by atoms with van der Waals surface area (Å²) in [6.07, 6.45) is 0. The summed E-state index contributed by atoms with van der Waals surface area (Å²) in [4.78, 5) is 15.7. The van der Waals surface area contributed by atoms with Crippen molar-refractivity contribution in [3.63, 3.8) is 0 Å². The fourth-order valence-corrected chi connectivity index (χ4v) is 8.26. The normalized spacial score (nSPS) is 11.6. The predicted molar refractivity (Wildman–Crippen MR) is 230 cm³/mol. The third kappa shape index (κ3) is 5.13. The lowest BCUT2D eigenvalue weighted by Gasteiger charge is -2.14. The molecule has 0 amide bonds. The van der Waals surface area contributed by atoms with Crippen LogP contribution in [0.1, 0.15) is 0 Å². The van der Waals surface area contributed by atoms with E-state index in [4.69, 9.17) is 15.0 Å². The molecular weight excluding hydrogens is 683 g/mol. The lowest BCUT2D eigenvalue weighted by atomic mass is 9.95. The second-order valence-electron chi connectivity index (χ2n) is 14.0. The predicted octanol–water partition coefficient (Wildman–Crippen LogP) is 12.7. The van der Waals surface area contributed by atoms with Crippen molar-refractivity contribution in [3.05, 3.63) is 200 Å². The van der Waals surface area contributed by atoms with E-state index in [0.717, 1.165) is 71.6 Å². The molecule has 8 aromatic carbocycles. The minimum Gasteiger partial charge on any atom is -0.309 e. The Labute approximate surface area is 323 Å². The average molecular weight is 716 g/mol. The van der Waals surface area contributed by atoms with Gasteiger partial charge in [-0.25, -0.2) is 4.98 Å².